The first kappa shape index (κ1) is 15.5. The van der Waals surface area contributed by atoms with E-state index >= 15 is 0 Å². The van der Waals surface area contributed by atoms with Crippen LogP contribution in [-0.2, 0) is 0 Å². The van der Waals surface area contributed by atoms with Gasteiger partial charge in [0.2, 0.25) is 0 Å². The predicted molar refractivity (Wildman–Crippen MR) is 84.3 cm³/mol. The van der Waals surface area contributed by atoms with Crippen molar-refractivity contribution < 1.29 is 9.13 Å². The Kier molecular flexibility index (Phi) is 5.34. The summed E-state index contributed by atoms with van der Waals surface area (Å²) in [6, 6.07) is 12.9. The zero-order chi connectivity index (χ0) is 15.2. The first-order chi connectivity index (χ1) is 10.2. The molecule has 0 spiro atoms. The van der Waals surface area contributed by atoms with E-state index in [0.29, 0.717) is 0 Å². The maximum atomic E-state index is 13.1. The van der Waals surface area contributed by atoms with Crippen molar-refractivity contribution in [2.75, 3.05) is 13.7 Å². The van der Waals surface area contributed by atoms with E-state index in [1.165, 1.54) is 12.1 Å². The second-order valence-corrected chi connectivity index (χ2v) is 5.17. The Morgan fingerprint density at radius 1 is 1.10 bits per heavy atom. The number of benzene rings is 2. The molecule has 0 aliphatic rings. The van der Waals surface area contributed by atoms with Crippen LogP contribution < -0.4 is 10.1 Å². The van der Waals surface area contributed by atoms with E-state index in [4.69, 9.17) is 4.74 Å². The van der Waals surface area contributed by atoms with E-state index in [1.54, 1.807) is 7.11 Å². The molecule has 3 heteroatoms. The van der Waals surface area contributed by atoms with E-state index in [2.05, 4.69) is 24.4 Å². The smallest absolute Gasteiger partial charge is 0.123 e. The molecule has 0 saturated carbocycles. The van der Waals surface area contributed by atoms with Gasteiger partial charge in [-0.2, -0.15) is 0 Å². The van der Waals surface area contributed by atoms with Crippen LogP contribution in [0.15, 0.2) is 42.5 Å². The Morgan fingerprint density at radius 2 is 1.76 bits per heavy atom. The second kappa shape index (κ2) is 7.23. The molecule has 0 saturated heterocycles. The SMILES string of the molecule is CCCNC(c1ccc(F)cc1)c1ccc(C)c(OC)c1. The summed E-state index contributed by atoms with van der Waals surface area (Å²) in [5.41, 5.74) is 3.28. The molecular weight excluding hydrogens is 265 g/mol. The minimum atomic E-state index is -0.213. The van der Waals surface area contributed by atoms with Crippen LogP contribution in [0.5, 0.6) is 5.75 Å². The highest BCUT2D eigenvalue weighted by atomic mass is 19.1. The van der Waals surface area contributed by atoms with Crippen LogP contribution in [0.1, 0.15) is 36.1 Å². The normalized spacial score (nSPS) is 12.2. The lowest BCUT2D eigenvalue weighted by Gasteiger charge is -2.21. The van der Waals surface area contributed by atoms with E-state index in [1.807, 2.05) is 25.1 Å². The fourth-order valence-electron chi connectivity index (χ4n) is 2.39. The van der Waals surface area contributed by atoms with Crippen LogP contribution in [0.2, 0.25) is 0 Å². The summed E-state index contributed by atoms with van der Waals surface area (Å²) in [4.78, 5) is 0. The molecule has 0 aromatic heterocycles. The quantitative estimate of drug-likeness (QED) is 0.858. The Labute approximate surface area is 126 Å². The van der Waals surface area contributed by atoms with Crippen LogP contribution in [0.3, 0.4) is 0 Å². The fourth-order valence-corrected chi connectivity index (χ4v) is 2.39. The monoisotopic (exact) mass is 287 g/mol. The largest absolute Gasteiger partial charge is 0.496 e. The van der Waals surface area contributed by atoms with Crippen molar-refractivity contribution in [2.45, 2.75) is 26.3 Å². The molecule has 1 atom stereocenters. The third-order valence-electron chi connectivity index (χ3n) is 3.57. The number of halogens is 1. The number of rotatable bonds is 6. The highest BCUT2D eigenvalue weighted by Gasteiger charge is 2.14. The lowest BCUT2D eigenvalue weighted by Crippen LogP contribution is -2.23. The molecule has 0 fully saturated rings. The number of hydrogen-bond donors (Lipinski definition) is 1. The van der Waals surface area contributed by atoms with Crippen molar-refractivity contribution in [1.82, 2.24) is 5.32 Å². The van der Waals surface area contributed by atoms with Crippen LogP contribution in [0.25, 0.3) is 0 Å². The van der Waals surface area contributed by atoms with Crippen LogP contribution in [0, 0.1) is 12.7 Å². The average molecular weight is 287 g/mol. The van der Waals surface area contributed by atoms with Gasteiger partial charge < -0.3 is 10.1 Å². The molecule has 2 aromatic rings. The molecule has 0 radical (unpaired) electrons. The molecule has 0 heterocycles. The molecule has 0 aliphatic carbocycles. The highest BCUT2D eigenvalue weighted by Crippen LogP contribution is 2.27. The maximum absolute atomic E-state index is 13.1. The number of aryl methyl sites for hydroxylation is 1. The molecule has 0 amide bonds. The van der Waals surface area contributed by atoms with Crippen molar-refractivity contribution in [3.05, 3.63) is 65.0 Å². The summed E-state index contributed by atoms with van der Waals surface area (Å²) in [7, 11) is 1.68. The van der Waals surface area contributed by atoms with Gasteiger partial charge in [0.05, 0.1) is 13.2 Å². The molecule has 2 nitrogen and oxygen atoms in total. The lowest BCUT2D eigenvalue weighted by molar-refractivity contribution is 0.410. The molecule has 2 aromatic carbocycles. The van der Waals surface area contributed by atoms with Crippen molar-refractivity contribution in [3.63, 3.8) is 0 Å². The Balaban J connectivity index is 2.37. The van der Waals surface area contributed by atoms with Gasteiger partial charge in [-0.15, -0.1) is 0 Å². The van der Waals surface area contributed by atoms with E-state index in [-0.39, 0.29) is 11.9 Å². The van der Waals surface area contributed by atoms with Crippen molar-refractivity contribution in [2.24, 2.45) is 0 Å². The van der Waals surface area contributed by atoms with Gasteiger partial charge in [0, 0.05) is 0 Å². The number of ether oxygens (including phenoxy) is 1. The van der Waals surface area contributed by atoms with Crippen molar-refractivity contribution in [3.8, 4) is 5.75 Å². The molecule has 0 aliphatic heterocycles. The van der Waals surface area contributed by atoms with Crippen LogP contribution in [-0.4, -0.2) is 13.7 Å². The topological polar surface area (TPSA) is 21.3 Å². The zero-order valence-corrected chi connectivity index (χ0v) is 12.8. The first-order valence-corrected chi connectivity index (χ1v) is 7.29. The van der Waals surface area contributed by atoms with Gasteiger partial charge in [0.15, 0.2) is 0 Å². The summed E-state index contributed by atoms with van der Waals surface area (Å²) in [6.07, 6.45) is 1.04. The summed E-state index contributed by atoms with van der Waals surface area (Å²) in [5.74, 6) is 0.660. The summed E-state index contributed by atoms with van der Waals surface area (Å²) >= 11 is 0. The molecule has 112 valence electrons. The third kappa shape index (κ3) is 3.82. The van der Waals surface area contributed by atoms with Crippen LogP contribution >= 0.6 is 0 Å². The third-order valence-corrected chi connectivity index (χ3v) is 3.57. The molecular formula is C18H22FNO. The zero-order valence-electron chi connectivity index (χ0n) is 12.8. The van der Waals surface area contributed by atoms with Gasteiger partial charge in [-0.1, -0.05) is 31.2 Å². The number of hydrogen-bond acceptors (Lipinski definition) is 2. The minimum Gasteiger partial charge on any atom is -0.496 e. The Bertz CT molecular complexity index is 580. The molecule has 1 unspecified atom stereocenters. The van der Waals surface area contributed by atoms with Gasteiger partial charge in [-0.05, 0) is 54.8 Å². The maximum Gasteiger partial charge on any atom is 0.123 e. The van der Waals surface area contributed by atoms with E-state index in [9.17, 15) is 4.39 Å². The van der Waals surface area contributed by atoms with Crippen LogP contribution in [0.4, 0.5) is 4.39 Å². The highest BCUT2D eigenvalue weighted by molar-refractivity contribution is 5.41. The van der Waals surface area contributed by atoms with Gasteiger partial charge >= 0.3 is 0 Å². The molecule has 1 N–H and O–H groups in total. The predicted octanol–water partition coefficient (Wildman–Crippen LogP) is 4.23. The van der Waals surface area contributed by atoms with Gasteiger partial charge in [-0.3, -0.25) is 0 Å². The standard InChI is InChI=1S/C18H22FNO/c1-4-11-20-18(14-7-9-16(19)10-8-14)15-6-5-13(2)17(12-15)21-3/h5-10,12,18,20H,4,11H2,1-3H3. The minimum absolute atomic E-state index is 0.0417. The van der Waals surface area contributed by atoms with Crippen molar-refractivity contribution >= 4 is 0 Å². The Morgan fingerprint density at radius 3 is 2.38 bits per heavy atom. The summed E-state index contributed by atoms with van der Waals surface area (Å²) in [6.45, 7) is 5.05. The van der Waals surface area contributed by atoms with Gasteiger partial charge in [-0.25, -0.2) is 4.39 Å². The number of nitrogens with one attached hydrogen (secondary N) is 1. The van der Waals surface area contributed by atoms with Gasteiger partial charge in [0.25, 0.3) is 0 Å². The van der Waals surface area contributed by atoms with Crippen molar-refractivity contribution in [1.29, 1.82) is 0 Å². The van der Waals surface area contributed by atoms with Gasteiger partial charge in [0.1, 0.15) is 11.6 Å². The molecule has 21 heavy (non-hydrogen) atoms. The lowest BCUT2D eigenvalue weighted by atomic mass is 9.97. The first-order valence-electron chi connectivity index (χ1n) is 7.29. The summed E-state index contributed by atoms with van der Waals surface area (Å²) in [5, 5.41) is 3.51. The number of methoxy groups -OCH3 is 1. The summed E-state index contributed by atoms with van der Waals surface area (Å²) < 4.78 is 18.5. The molecule has 0 bridgehead atoms. The average Bonchev–Trinajstić information content (AvgIpc) is 2.50. The second-order valence-electron chi connectivity index (χ2n) is 5.17. The van der Waals surface area contributed by atoms with E-state index in [0.717, 1.165) is 35.4 Å². The molecule has 2 rings (SSSR count). The Hall–Kier alpha value is -1.87. The van der Waals surface area contributed by atoms with E-state index < -0.39 is 0 Å². The fraction of sp³-hybridized carbons (Fsp3) is 0.333.